The zero-order chi connectivity index (χ0) is 19.5. The summed E-state index contributed by atoms with van der Waals surface area (Å²) in [6.07, 6.45) is 3.45. The summed E-state index contributed by atoms with van der Waals surface area (Å²) in [6.45, 7) is 10.7. The van der Waals surface area contributed by atoms with Crippen LogP contribution in [0.4, 0.5) is 0 Å². The van der Waals surface area contributed by atoms with Gasteiger partial charge in [-0.1, -0.05) is 59.6 Å². The molecule has 3 atom stereocenters. The van der Waals surface area contributed by atoms with Crippen molar-refractivity contribution in [2.24, 2.45) is 11.8 Å². The molecule has 0 radical (unpaired) electrons. The van der Waals surface area contributed by atoms with Crippen LogP contribution in [0.3, 0.4) is 0 Å². The first-order valence-corrected chi connectivity index (χ1v) is 11.1. The lowest BCUT2D eigenvalue weighted by atomic mass is 9.78. The molecule has 7 heteroatoms. The number of benzene rings is 1. The summed E-state index contributed by atoms with van der Waals surface area (Å²) in [5, 5.41) is 3.56. The molecule has 5 nitrogen and oxygen atoms in total. The van der Waals surface area contributed by atoms with E-state index in [1.165, 1.54) is 6.42 Å². The maximum absolute atomic E-state index is 12.4. The van der Waals surface area contributed by atoms with Crippen molar-refractivity contribution in [2.75, 3.05) is 0 Å². The molecular formula is C19H31N3O2S2. The van der Waals surface area contributed by atoms with Crippen molar-refractivity contribution in [1.82, 2.24) is 15.6 Å². The van der Waals surface area contributed by atoms with Gasteiger partial charge in [0.15, 0.2) is 5.11 Å². The van der Waals surface area contributed by atoms with E-state index >= 15 is 0 Å². The summed E-state index contributed by atoms with van der Waals surface area (Å²) in [7, 11) is -3.67. The summed E-state index contributed by atoms with van der Waals surface area (Å²) in [5.41, 5.74) is 3.70. The number of rotatable bonds is 4. The Morgan fingerprint density at radius 1 is 1.12 bits per heavy atom. The fourth-order valence-corrected chi connectivity index (χ4v) is 4.41. The van der Waals surface area contributed by atoms with Crippen LogP contribution in [0.25, 0.3) is 0 Å². The highest BCUT2D eigenvalue weighted by Gasteiger charge is 2.27. The van der Waals surface area contributed by atoms with Gasteiger partial charge in [-0.05, 0) is 53.6 Å². The molecule has 146 valence electrons. The topological polar surface area (TPSA) is 70.2 Å². The SMILES string of the molecule is C[C@@H]1[C@@H](C)CCC[C@H]1NC(=S)NNS(=O)(=O)c1ccc(C(C)(C)C)cc1. The quantitative estimate of drug-likeness (QED) is 0.536. The average Bonchev–Trinajstić information content (AvgIpc) is 2.57. The largest absolute Gasteiger partial charge is 0.359 e. The molecule has 0 aliphatic heterocycles. The van der Waals surface area contributed by atoms with E-state index in [1.54, 1.807) is 12.1 Å². The van der Waals surface area contributed by atoms with Crippen molar-refractivity contribution < 1.29 is 8.42 Å². The minimum Gasteiger partial charge on any atom is -0.359 e. The monoisotopic (exact) mass is 397 g/mol. The van der Waals surface area contributed by atoms with Crippen LogP contribution in [0, 0.1) is 11.8 Å². The second kappa shape index (κ2) is 8.23. The van der Waals surface area contributed by atoms with Crippen LogP contribution in [-0.2, 0) is 15.4 Å². The second-order valence-corrected chi connectivity index (χ2v) is 10.4. The number of hydrogen-bond acceptors (Lipinski definition) is 3. The van der Waals surface area contributed by atoms with E-state index in [-0.39, 0.29) is 16.4 Å². The Morgan fingerprint density at radius 3 is 2.31 bits per heavy atom. The van der Waals surface area contributed by atoms with E-state index in [0.29, 0.717) is 16.9 Å². The third-order valence-corrected chi connectivity index (χ3v) is 6.84. The highest BCUT2D eigenvalue weighted by molar-refractivity contribution is 7.89. The van der Waals surface area contributed by atoms with Gasteiger partial charge in [-0.25, -0.2) is 8.42 Å². The zero-order valence-electron chi connectivity index (χ0n) is 16.3. The lowest BCUT2D eigenvalue weighted by Crippen LogP contribution is -2.52. The molecule has 0 saturated heterocycles. The van der Waals surface area contributed by atoms with Gasteiger partial charge in [-0.3, -0.25) is 5.43 Å². The van der Waals surface area contributed by atoms with Gasteiger partial charge in [0.2, 0.25) is 0 Å². The number of sulfonamides is 1. The van der Waals surface area contributed by atoms with Crippen molar-refractivity contribution in [3.63, 3.8) is 0 Å². The number of hydrogen-bond donors (Lipinski definition) is 3. The van der Waals surface area contributed by atoms with Gasteiger partial charge in [0.25, 0.3) is 10.0 Å². The predicted octanol–water partition coefficient (Wildman–Crippen LogP) is 3.47. The first-order chi connectivity index (χ1) is 12.0. The third kappa shape index (κ3) is 5.41. The summed E-state index contributed by atoms with van der Waals surface area (Å²) in [4.78, 5) is 2.58. The van der Waals surface area contributed by atoms with Gasteiger partial charge in [0.05, 0.1) is 4.90 Å². The third-order valence-electron chi connectivity index (χ3n) is 5.35. The van der Waals surface area contributed by atoms with Crippen LogP contribution >= 0.6 is 12.2 Å². The minimum atomic E-state index is -3.67. The van der Waals surface area contributed by atoms with Crippen LogP contribution in [0.1, 0.15) is 59.4 Å². The smallest absolute Gasteiger partial charge is 0.257 e. The fraction of sp³-hybridized carbons (Fsp3) is 0.632. The molecule has 1 aliphatic carbocycles. The molecule has 0 aromatic heterocycles. The Bertz CT molecular complexity index is 724. The zero-order valence-corrected chi connectivity index (χ0v) is 17.9. The Balaban J connectivity index is 1.94. The summed E-state index contributed by atoms with van der Waals surface area (Å²) in [5.74, 6) is 1.15. The lowest BCUT2D eigenvalue weighted by Gasteiger charge is -2.35. The standard InChI is InChI=1S/C19H31N3O2S2/c1-13-7-6-8-17(14(13)2)20-18(25)21-22-26(23,24)16-11-9-15(10-12-16)19(3,4)5/h9-14,17,22H,6-8H2,1-5H3,(H2,20,21,25)/t13-,14+,17+/m0/s1. The van der Waals surface area contributed by atoms with Crippen molar-refractivity contribution in [1.29, 1.82) is 0 Å². The Hall–Kier alpha value is -1.18. The van der Waals surface area contributed by atoms with Gasteiger partial charge < -0.3 is 5.32 Å². The van der Waals surface area contributed by atoms with Crippen LogP contribution in [0.15, 0.2) is 29.2 Å². The van der Waals surface area contributed by atoms with Crippen LogP contribution < -0.4 is 15.6 Å². The Morgan fingerprint density at radius 2 is 1.73 bits per heavy atom. The Kier molecular flexibility index (Phi) is 6.69. The summed E-state index contributed by atoms with van der Waals surface area (Å²) >= 11 is 5.26. The molecule has 0 bridgehead atoms. The molecule has 3 N–H and O–H groups in total. The lowest BCUT2D eigenvalue weighted by molar-refractivity contribution is 0.224. The summed E-state index contributed by atoms with van der Waals surface area (Å²) in [6, 6.07) is 7.19. The number of thiocarbonyl (C=S) groups is 1. The van der Waals surface area contributed by atoms with Crippen LogP contribution in [-0.4, -0.2) is 19.6 Å². The van der Waals surface area contributed by atoms with Crippen molar-refractivity contribution in [3.05, 3.63) is 29.8 Å². The van der Waals surface area contributed by atoms with Crippen LogP contribution in [0.2, 0.25) is 0 Å². The maximum Gasteiger partial charge on any atom is 0.257 e. The molecule has 1 aromatic rings. The number of nitrogens with one attached hydrogen (secondary N) is 3. The van der Waals surface area contributed by atoms with Gasteiger partial charge in [0, 0.05) is 6.04 Å². The van der Waals surface area contributed by atoms with Crippen molar-refractivity contribution in [3.8, 4) is 0 Å². The van der Waals surface area contributed by atoms with Gasteiger partial charge in [0.1, 0.15) is 0 Å². The molecule has 0 unspecified atom stereocenters. The van der Waals surface area contributed by atoms with E-state index in [1.807, 2.05) is 12.1 Å². The molecule has 0 amide bonds. The normalized spacial score (nSPS) is 24.1. The molecule has 1 aromatic carbocycles. The molecule has 1 aliphatic rings. The molecule has 1 fully saturated rings. The van der Waals surface area contributed by atoms with E-state index in [4.69, 9.17) is 12.2 Å². The van der Waals surface area contributed by atoms with Gasteiger partial charge in [-0.2, -0.15) is 0 Å². The fourth-order valence-electron chi connectivity index (χ4n) is 3.30. The molecule has 0 heterocycles. The van der Waals surface area contributed by atoms with E-state index in [9.17, 15) is 8.42 Å². The predicted molar refractivity (Wildman–Crippen MR) is 110 cm³/mol. The molecule has 0 spiro atoms. The van der Waals surface area contributed by atoms with Gasteiger partial charge >= 0.3 is 0 Å². The highest BCUT2D eigenvalue weighted by Crippen LogP contribution is 2.29. The van der Waals surface area contributed by atoms with E-state index in [2.05, 4.69) is 50.2 Å². The maximum atomic E-state index is 12.4. The summed E-state index contributed by atoms with van der Waals surface area (Å²) < 4.78 is 24.9. The molecule has 26 heavy (non-hydrogen) atoms. The number of hydrazine groups is 1. The molecule has 2 rings (SSSR count). The minimum absolute atomic E-state index is 0.0206. The molecular weight excluding hydrogens is 366 g/mol. The average molecular weight is 398 g/mol. The van der Waals surface area contributed by atoms with E-state index < -0.39 is 10.0 Å². The van der Waals surface area contributed by atoms with Crippen molar-refractivity contribution in [2.45, 2.75) is 70.2 Å². The molecule has 1 saturated carbocycles. The van der Waals surface area contributed by atoms with Crippen molar-refractivity contribution >= 4 is 27.4 Å². The highest BCUT2D eigenvalue weighted by atomic mass is 32.2. The van der Waals surface area contributed by atoms with Crippen LogP contribution in [0.5, 0.6) is 0 Å². The second-order valence-electron chi connectivity index (χ2n) is 8.35. The van der Waals surface area contributed by atoms with Gasteiger partial charge in [-0.15, -0.1) is 4.83 Å². The first kappa shape index (κ1) is 21.1. The first-order valence-electron chi connectivity index (χ1n) is 9.19. The Labute approximate surface area is 163 Å². The van der Waals surface area contributed by atoms with E-state index in [0.717, 1.165) is 18.4 Å².